The van der Waals surface area contributed by atoms with Crippen molar-refractivity contribution in [1.82, 2.24) is 5.32 Å². The Labute approximate surface area is 124 Å². The van der Waals surface area contributed by atoms with Gasteiger partial charge < -0.3 is 5.32 Å². The van der Waals surface area contributed by atoms with E-state index in [0.29, 0.717) is 6.04 Å². The summed E-state index contributed by atoms with van der Waals surface area (Å²) in [7, 11) is 0. The van der Waals surface area contributed by atoms with Crippen molar-refractivity contribution in [3.05, 3.63) is 34.9 Å². The molecule has 1 aromatic rings. The summed E-state index contributed by atoms with van der Waals surface area (Å²) in [4.78, 5) is 0. The Hall–Kier alpha value is -0.820. The van der Waals surface area contributed by atoms with Gasteiger partial charge in [-0.2, -0.15) is 0 Å². The summed E-state index contributed by atoms with van der Waals surface area (Å²) in [5.41, 5.74) is 4.94. The predicted octanol–water partition coefficient (Wildman–Crippen LogP) is 4.75. The van der Waals surface area contributed by atoms with Gasteiger partial charge in [0.1, 0.15) is 0 Å². The van der Waals surface area contributed by atoms with Crippen LogP contribution in [0.4, 0.5) is 0 Å². The van der Waals surface area contributed by atoms with Crippen LogP contribution in [0.1, 0.15) is 75.6 Å². The van der Waals surface area contributed by atoms with E-state index in [0.717, 1.165) is 12.5 Å². The van der Waals surface area contributed by atoms with Crippen molar-refractivity contribution in [2.75, 3.05) is 6.54 Å². The lowest BCUT2D eigenvalue weighted by Crippen LogP contribution is -2.36. The molecule has 0 amide bonds. The minimum atomic E-state index is 0.254. The number of fused-ring (bicyclic) bond motifs is 1. The van der Waals surface area contributed by atoms with E-state index in [-0.39, 0.29) is 5.41 Å². The number of rotatable bonds is 1. The molecular weight excluding hydrogens is 242 g/mol. The second-order valence-corrected chi connectivity index (χ2v) is 7.74. The van der Waals surface area contributed by atoms with E-state index in [1.54, 1.807) is 11.1 Å². The van der Waals surface area contributed by atoms with E-state index in [1.165, 1.54) is 44.1 Å². The van der Waals surface area contributed by atoms with E-state index in [2.05, 4.69) is 44.3 Å². The lowest BCUT2D eigenvalue weighted by molar-refractivity contribution is 0.264. The molecule has 20 heavy (non-hydrogen) atoms. The molecule has 0 aromatic heterocycles. The smallest absolute Gasteiger partial charge is 0.0351 e. The van der Waals surface area contributed by atoms with Crippen LogP contribution in [-0.2, 0) is 11.8 Å². The van der Waals surface area contributed by atoms with Crippen molar-refractivity contribution < 1.29 is 0 Å². The fourth-order valence-corrected chi connectivity index (χ4v) is 3.94. The predicted molar refractivity (Wildman–Crippen MR) is 86.2 cm³/mol. The summed E-state index contributed by atoms with van der Waals surface area (Å²) >= 11 is 0. The number of nitrogens with one attached hydrogen (secondary N) is 1. The molecule has 1 saturated carbocycles. The van der Waals surface area contributed by atoms with Crippen molar-refractivity contribution in [2.24, 2.45) is 5.92 Å². The third-order valence-electron chi connectivity index (χ3n) is 5.23. The van der Waals surface area contributed by atoms with Crippen LogP contribution in [0, 0.1) is 5.92 Å². The fraction of sp³-hybridized carbons (Fsp3) is 0.684. The molecule has 0 saturated heterocycles. The van der Waals surface area contributed by atoms with Crippen molar-refractivity contribution in [3.63, 3.8) is 0 Å². The van der Waals surface area contributed by atoms with E-state index in [4.69, 9.17) is 0 Å². The van der Waals surface area contributed by atoms with Crippen LogP contribution in [0.5, 0.6) is 0 Å². The zero-order chi connectivity index (χ0) is 14.2. The van der Waals surface area contributed by atoms with Gasteiger partial charge in [0.15, 0.2) is 0 Å². The Kier molecular flexibility index (Phi) is 3.90. The lowest BCUT2D eigenvalue weighted by Gasteiger charge is -2.36. The quantitative estimate of drug-likeness (QED) is 0.777. The molecule has 1 nitrogen and oxygen atoms in total. The Morgan fingerprint density at radius 3 is 2.50 bits per heavy atom. The molecule has 0 bridgehead atoms. The molecule has 0 spiro atoms. The molecule has 1 aromatic carbocycles. The van der Waals surface area contributed by atoms with Gasteiger partial charge in [0, 0.05) is 6.04 Å². The van der Waals surface area contributed by atoms with E-state index in [1.807, 2.05) is 0 Å². The molecule has 1 atom stereocenters. The first-order valence-corrected chi connectivity index (χ1v) is 8.42. The summed E-state index contributed by atoms with van der Waals surface area (Å²) < 4.78 is 0. The zero-order valence-corrected chi connectivity index (χ0v) is 13.3. The summed E-state index contributed by atoms with van der Waals surface area (Å²) in [6, 6.07) is 7.86. The Morgan fingerprint density at radius 2 is 1.80 bits per heavy atom. The van der Waals surface area contributed by atoms with Gasteiger partial charge in [0.2, 0.25) is 0 Å². The number of hydrogen-bond donors (Lipinski definition) is 1. The fourth-order valence-electron chi connectivity index (χ4n) is 3.94. The summed E-state index contributed by atoms with van der Waals surface area (Å²) in [6.45, 7) is 8.12. The normalized spacial score (nSPS) is 24.4. The first-order chi connectivity index (χ1) is 9.55. The minimum Gasteiger partial charge on any atom is -0.309 e. The third kappa shape index (κ3) is 2.79. The Morgan fingerprint density at radius 1 is 1.05 bits per heavy atom. The van der Waals surface area contributed by atoms with Gasteiger partial charge in [-0.3, -0.25) is 0 Å². The monoisotopic (exact) mass is 271 g/mol. The average molecular weight is 271 g/mol. The van der Waals surface area contributed by atoms with Crippen molar-refractivity contribution in [2.45, 2.75) is 70.8 Å². The standard InChI is InChI=1S/C19H29N/c1-19(2,3)16-10-9-14-11-12-20-18(17(14)13-16)15-7-5-4-6-8-15/h9-10,13,15,18,20H,4-8,11-12H2,1-3H3. The second-order valence-electron chi connectivity index (χ2n) is 7.74. The molecule has 110 valence electrons. The maximum atomic E-state index is 3.82. The molecule has 0 radical (unpaired) electrons. The van der Waals surface area contributed by atoms with Gasteiger partial charge in [-0.25, -0.2) is 0 Å². The van der Waals surface area contributed by atoms with Gasteiger partial charge in [-0.15, -0.1) is 0 Å². The molecule has 3 rings (SSSR count). The van der Waals surface area contributed by atoms with Crippen LogP contribution in [0.25, 0.3) is 0 Å². The molecular formula is C19H29N. The third-order valence-corrected chi connectivity index (χ3v) is 5.23. The summed E-state index contributed by atoms with van der Waals surface area (Å²) in [5.74, 6) is 0.859. The van der Waals surface area contributed by atoms with Gasteiger partial charge in [0.05, 0.1) is 0 Å². The summed E-state index contributed by atoms with van der Waals surface area (Å²) in [5, 5.41) is 3.82. The zero-order valence-electron chi connectivity index (χ0n) is 13.3. The second kappa shape index (κ2) is 5.52. The largest absolute Gasteiger partial charge is 0.309 e. The first-order valence-electron chi connectivity index (χ1n) is 8.42. The molecule has 1 N–H and O–H groups in total. The number of benzene rings is 1. The maximum absolute atomic E-state index is 3.82. The van der Waals surface area contributed by atoms with Gasteiger partial charge >= 0.3 is 0 Å². The van der Waals surface area contributed by atoms with Crippen molar-refractivity contribution in [3.8, 4) is 0 Å². The molecule has 1 aliphatic carbocycles. The van der Waals surface area contributed by atoms with Gasteiger partial charge in [-0.1, -0.05) is 58.2 Å². The Bertz CT molecular complexity index is 463. The first kappa shape index (κ1) is 14.1. The molecule has 1 fully saturated rings. The van der Waals surface area contributed by atoms with Crippen LogP contribution >= 0.6 is 0 Å². The van der Waals surface area contributed by atoms with Gasteiger partial charge in [0.25, 0.3) is 0 Å². The average Bonchev–Trinajstić information content (AvgIpc) is 2.46. The van der Waals surface area contributed by atoms with E-state index >= 15 is 0 Å². The van der Waals surface area contributed by atoms with Gasteiger partial charge in [-0.05, 0) is 53.8 Å². The number of hydrogen-bond acceptors (Lipinski definition) is 1. The van der Waals surface area contributed by atoms with Crippen LogP contribution in [0.3, 0.4) is 0 Å². The molecule has 1 aliphatic heterocycles. The summed E-state index contributed by atoms with van der Waals surface area (Å²) in [6.07, 6.45) is 8.32. The molecule has 1 unspecified atom stereocenters. The Balaban J connectivity index is 1.93. The SMILES string of the molecule is CC(C)(C)c1ccc2c(c1)C(C1CCCCC1)NCC2. The highest BCUT2D eigenvalue weighted by Gasteiger charge is 2.29. The van der Waals surface area contributed by atoms with E-state index < -0.39 is 0 Å². The van der Waals surface area contributed by atoms with Crippen LogP contribution < -0.4 is 5.32 Å². The molecule has 1 heterocycles. The topological polar surface area (TPSA) is 12.0 Å². The van der Waals surface area contributed by atoms with Crippen molar-refractivity contribution in [1.29, 1.82) is 0 Å². The van der Waals surface area contributed by atoms with Crippen LogP contribution in [0.15, 0.2) is 18.2 Å². The van der Waals surface area contributed by atoms with Crippen molar-refractivity contribution >= 4 is 0 Å². The van der Waals surface area contributed by atoms with E-state index in [9.17, 15) is 0 Å². The molecule has 1 heteroatoms. The highest BCUT2D eigenvalue weighted by Crippen LogP contribution is 2.38. The maximum Gasteiger partial charge on any atom is 0.0351 e. The highest BCUT2D eigenvalue weighted by molar-refractivity contribution is 5.39. The molecule has 2 aliphatic rings. The highest BCUT2D eigenvalue weighted by atomic mass is 14.9. The minimum absolute atomic E-state index is 0.254. The van der Waals surface area contributed by atoms with Crippen LogP contribution in [0.2, 0.25) is 0 Å². The van der Waals surface area contributed by atoms with Crippen LogP contribution in [-0.4, -0.2) is 6.54 Å². The lowest BCUT2D eigenvalue weighted by atomic mass is 9.76.